The molecule has 2 aliphatic rings. The number of nitroso groups, excluding NO2 is 1. The number of nitrogens with zero attached hydrogens (tertiary/aromatic N) is 2. The Morgan fingerprint density at radius 1 is 1.12 bits per heavy atom. The lowest BCUT2D eigenvalue weighted by molar-refractivity contribution is -0.0241. The molecule has 0 amide bonds. The predicted molar refractivity (Wildman–Crippen MR) is 93.9 cm³/mol. The molecule has 0 saturated carbocycles. The molecule has 130 valence electrons. The van der Waals surface area contributed by atoms with Crippen LogP contribution in [-0.4, -0.2) is 23.6 Å². The van der Waals surface area contributed by atoms with Gasteiger partial charge in [-0.2, -0.15) is 4.91 Å². The Morgan fingerprint density at radius 3 is 2.60 bits per heavy atom. The van der Waals surface area contributed by atoms with Gasteiger partial charge in [0.15, 0.2) is 0 Å². The average Bonchev–Trinajstić information content (AvgIpc) is 2.64. The quantitative estimate of drug-likeness (QED) is 0.775. The Hall–Kier alpha value is -2.27. The number of piperidine rings is 1. The van der Waals surface area contributed by atoms with E-state index in [0.29, 0.717) is 17.7 Å². The van der Waals surface area contributed by atoms with Crippen LogP contribution in [-0.2, 0) is 6.54 Å². The second kappa shape index (κ2) is 6.56. The first-order valence-corrected chi connectivity index (χ1v) is 8.75. The van der Waals surface area contributed by atoms with Gasteiger partial charge in [-0.1, -0.05) is 41.6 Å². The lowest BCUT2D eigenvalue weighted by atomic mass is 9.80. The second-order valence-corrected chi connectivity index (χ2v) is 7.02. The molecule has 5 heteroatoms. The van der Waals surface area contributed by atoms with Gasteiger partial charge in [-0.25, -0.2) is 4.39 Å². The van der Waals surface area contributed by atoms with Gasteiger partial charge in [0.1, 0.15) is 23.2 Å². The predicted octanol–water partition coefficient (Wildman–Crippen LogP) is 4.45. The molecular formula is C20H21FN2O2. The number of fused-ring (bicyclic) bond motifs is 1. The average molecular weight is 340 g/mol. The van der Waals surface area contributed by atoms with E-state index in [4.69, 9.17) is 4.74 Å². The molecule has 0 radical (unpaired) electrons. The van der Waals surface area contributed by atoms with E-state index >= 15 is 0 Å². The standard InChI is InChI=1S/C20H21FN2O2/c21-16-7-4-8-18-19(16)17(22-24)13-20(25-18)9-11-23(12-10-20)14-15-5-2-1-3-6-15/h1-8,17H,9-14H2. The lowest BCUT2D eigenvalue weighted by Crippen LogP contribution is -2.50. The van der Waals surface area contributed by atoms with Gasteiger partial charge in [0.25, 0.3) is 0 Å². The van der Waals surface area contributed by atoms with Gasteiger partial charge in [0.2, 0.25) is 0 Å². The van der Waals surface area contributed by atoms with Crippen LogP contribution in [0.2, 0.25) is 0 Å². The van der Waals surface area contributed by atoms with E-state index in [-0.39, 0.29) is 0 Å². The van der Waals surface area contributed by atoms with Crippen molar-refractivity contribution in [1.82, 2.24) is 4.90 Å². The third kappa shape index (κ3) is 3.16. The van der Waals surface area contributed by atoms with Crippen molar-refractivity contribution in [2.45, 2.75) is 37.5 Å². The van der Waals surface area contributed by atoms with Crippen molar-refractivity contribution in [1.29, 1.82) is 0 Å². The van der Waals surface area contributed by atoms with Crippen LogP contribution in [0.25, 0.3) is 0 Å². The summed E-state index contributed by atoms with van der Waals surface area (Å²) >= 11 is 0. The molecule has 0 aromatic heterocycles. The molecule has 1 unspecified atom stereocenters. The van der Waals surface area contributed by atoms with Crippen molar-refractivity contribution in [3.8, 4) is 5.75 Å². The van der Waals surface area contributed by atoms with Gasteiger partial charge in [0.05, 0.1) is 5.56 Å². The van der Waals surface area contributed by atoms with E-state index < -0.39 is 17.5 Å². The first-order valence-electron chi connectivity index (χ1n) is 8.75. The van der Waals surface area contributed by atoms with Crippen molar-refractivity contribution in [2.75, 3.05) is 13.1 Å². The van der Waals surface area contributed by atoms with Gasteiger partial charge < -0.3 is 4.74 Å². The lowest BCUT2D eigenvalue weighted by Gasteiger charge is -2.45. The van der Waals surface area contributed by atoms with Crippen LogP contribution >= 0.6 is 0 Å². The van der Waals surface area contributed by atoms with Crippen molar-refractivity contribution in [3.05, 3.63) is 70.4 Å². The molecule has 1 spiro atoms. The molecule has 1 saturated heterocycles. The first kappa shape index (κ1) is 16.2. The van der Waals surface area contributed by atoms with Crippen molar-refractivity contribution >= 4 is 0 Å². The maximum absolute atomic E-state index is 14.1. The van der Waals surface area contributed by atoms with Gasteiger partial charge >= 0.3 is 0 Å². The van der Waals surface area contributed by atoms with Crippen LogP contribution in [0.3, 0.4) is 0 Å². The normalized spacial score (nSPS) is 22.2. The Bertz CT molecular complexity index is 758. The molecule has 2 aromatic carbocycles. The number of ether oxygens (including phenoxy) is 1. The number of hydrogen-bond acceptors (Lipinski definition) is 4. The summed E-state index contributed by atoms with van der Waals surface area (Å²) in [6.07, 6.45) is 2.10. The monoisotopic (exact) mass is 340 g/mol. The summed E-state index contributed by atoms with van der Waals surface area (Å²) in [4.78, 5) is 13.7. The van der Waals surface area contributed by atoms with E-state index in [9.17, 15) is 9.30 Å². The Morgan fingerprint density at radius 2 is 1.88 bits per heavy atom. The van der Waals surface area contributed by atoms with E-state index in [1.165, 1.54) is 11.6 Å². The minimum Gasteiger partial charge on any atom is -0.487 e. The number of benzene rings is 2. The summed E-state index contributed by atoms with van der Waals surface area (Å²) in [6.45, 7) is 2.70. The number of rotatable bonds is 3. The molecule has 0 aliphatic carbocycles. The second-order valence-electron chi connectivity index (χ2n) is 7.02. The fourth-order valence-corrected chi connectivity index (χ4v) is 4.02. The third-order valence-corrected chi connectivity index (χ3v) is 5.38. The number of hydrogen-bond donors (Lipinski definition) is 0. The van der Waals surface area contributed by atoms with E-state index in [1.807, 2.05) is 6.07 Å². The fraction of sp³-hybridized carbons (Fsp3) is 0.400. The topological polar surface area (TPSA) is 41.9 Å². The highest BCUT2D eigenvalue weighted by molar-refractivity contribution is 5.40. The van der Waals surface area contributed by atoms with Crippen LogP contribution in [0.5, 0.6) is 5.75 Å². The van der Waals surface area contributed by atoms with Crippen molar-refractivity contribution < 1.29 is 9.13 Å². The highest BCUT2D eigenvalue weighted by Crippen LogP contribution is 2.46. The molecule has 1 fully saturated rings. The van der Waals surface area contributed by atoms with Crippen LogP contribution < -0.4 is 4.74 Å². The largest absolute Gasteiger partial charge is 0.487 e. The summed E-state index contributed by atoms with van der Waals surface area (Å²) in [5.74, 6) is 0.0748. The van der Waals surface area contributed by atoms with Gasteiger partial charge in [-0.05, 0) is 30.5 Å². The molecule has 0 N–H and O–H groups in total. The summed E-state index contributed by atoms with van der Waals surface area (Å²) in [6, 6.07) is 14.5. The smallest absolute Gasteiger partial charge is 0.132 e. The highest BCUT2D eigenvalue weighted by Gasteiger charge is 2.44. The highest BCUT2D eigenvalue weighted by atomic mass is 19.1. The van der Waals surface area contributed by atoms with E-state index in [0.717, 1.165) is 32.5 Å². The molecule has 25 heavy (non-hydrogen) atoms. The Balaban J connectivity index is 1.48. The van der Waals surface area contributed by atoms with Gasteiger partial charge in [0, 0.05) is 26.1 Å². The van der Waals surface area contributed by atoms with Gasteiger partial charge in [-0.3, -0.25) is 4.90 Å². The van der Waals surface area contributed by atoms with Crippen LogP contribution in [0.4, 0.5) is 4.39 Å². The number of halogens is 1. The zero-order chi connectivity index (χ0) is 17.3. The van der Waals surface area contributed by atoms with Crippen LogP contribution in [0.1, 0.15) is 36.4 Å². The maximum Gasteiger partial charge on any atom is 0.132 e. The number of likely N-dealkylation sites (tertiary alicyclic amines) is 1. The molecule has 1 atom stereocenters. The molecule has 4 nitrogen and oxygen atoms in total. The first-order chi connectivity index (χ1) is 12.2. The summed E-state index contributed by atoms with van der Waals surface area (Å²) in [7, 11) is 0. The Kier molecular flexibility index (Phi) is 4.25. The molecule has 2 aliphatic heterocycles. The summed E-state index contributed by atoms with van der Waals surface area (Å²) < 4.78 is 20.3. The summed E-state index contributed by atoms with van der Waals surface area (Å²) in [5.41, 5.74) is 1.20. The van der Waals surface area contributed by atoms with Crippen LogP contribution in [0.15, 0.2) is 53.7 Å². The SMILES string of the molecule is O=NC1CC2(CCN(Cc3ccccc3)CC2)Oc2cccc(F)c21. The molecular weight excluding hydrogens is 319 g/mol. The maximum atomic E-state index is 14.1. The third-order valence-electron chi connectivity index (χ3n) is 5.38. The van der Waals surface area contributed by atoms with Crippen LogP contribution in [0, 0.1) is 10.7 Å². The zero-order valence-electron chi connectivity index (χ0n) is 14.0. The van der Waals surface area contributed by atoms with Crippen molar-refractivity contribution in [2.24, 2.45) is 5.18 Å². The van der Waals surface area contributed by atoms with E-state index in [2.05, 4.69) is 34.3 Å². The van der Waals surface area contributed by atoms with E-state index in [1.54, 1.807) is 12.1 Å². The van der Waals surface area contributed by atoms with Gasteiger partial charge in [-0.15, -0.1) is 0 Å². The molecule has 2 heterocycles. The minimum absolute atomic E-state index is 0.315. The molecule has 4 rings (SSSR count). The summed E-state index contributed by atoms with van der Waals surface area (Å²) in [5, 5.41) is 3.20. The minimum atomic E-state index is -0.661. The molecule has 0 bridgehead atoms. The van der Waals surface area contributed by atoms with Crippen molar-refractivity contribution in [3.63, 3.8) is 0 Å². The molecule has 2 aromatic rings. The zero-order valence-corrected chi connectivity index (χ0v) is 14.0. The Labute approximate surface area is 146 Å². The fourth-order valence-electron chi connectivity index (χ4n) is 4.02.